The minimum Gasteiger partial charge on any atom is -0.307 e. The van der Waals surface area contributed by atoms with E-state index in [2.05, 4.69) is 40.9 Å². The fourth-order valence-electron chi connectivity index (χ4n) is 5.04. The summed E-state index contributed by atoms with van der Waals surface area (Å²) in [6.07, 6.45) is 10.1. The molecule has 0 aromatic carbocycles. The molecule has 1 N–H and O–H groups in total. The van der Waals surface area contributed by atoms with Crippen LogP contribution in [0.2, 0.25) is 0 Å². The van der Waals surface area contributed by atoms with Crippen LogP contribution in [0.1, 0.15) is 61.9 Å². The van der Waals surface area contributed by atoms with Gasteiger partial charge >= 0.3 is 0 Å². The molecule has 1 aromatic rings. The largest absolute Gasteiger partial charge is 0.307 e. The molecule has 0 amide bonds. The van der Waals surface area contributed by atoms with E-state index in [9.17, 15) is 0 Å². The maximum absolute atomic E-state index is 4.02. The summed E-state index contributed by atoms with van der Waals surface area (Å²) in [4.78, 5) is 1.65. The number of hydrogen-bond acceptors (Lipinski definition) is 2. The topological polar surface area (TPSA) is 12.0 Å². The van der Waals surface area contributed by atoms with E-state index in [1.165, 1.54) is 47.8 Å². The van der Waals surface area contributed by atoms with Crippen molar-refractivity contribution in [1.29, 1.82) is 0 Å². The highest BCUT2D eigenvalue weighted by Gasteiger charge is 2.42. The van der Waals surface area contributed by atoms with Crippen molar-refractivity contribution in [3.8, 4) is 0 Å². The Morgan fingerprint density at radius 3 is 2.95 bits per heavy atom. The normalized spacial score (nSPS) is 37.1. The fraction of sp³-hybridized carbons (Fsp3) is 0.765. The van der Waals surface area contributed by atoms with E-state index in [1.807, 2.05) is 11.3 Å². The van der Waals surface area contributed by atoms with Crippen LogP contribution in [0.3, 0.4) is 0 Å². The predicted octanol–water partition coefficient (Wildman–Crippen LogP) is 5.14. The first-order valence-corrected chi connectivity index (χ1v) is 10.1. The van der Waals surface area contributed by atoms with Crippen molar-refractivity contribution in [3.63, 3.8) is 0 Å². The molecule has 5 unspecified atom stereocenters. The van der Waals surface area contributed by atoms with E-state index in [-0.39, 0.29) is 0 Å². The van der Waals surface area contributed by atoms with Crippen molar-refractivity contribution in [3.05, 3.63) is 19.4 Å². The predicted molar refractivity (Wildman–Crippen MR) is 94.3 cm³/mol. The lowest BCUT2D eigenvalue weighted by molar-refractivity contribution is 0.239. The second-order valence-corrected chi connectivity index (χ2v) is 10.2. The zero-order valence-electron chi connectivity index (χ0n) is 12.2. The summed E-state index contributed by atoms with van der Waals surface area (Å²) in [5, 5.41) is 4.02. The van der Waals surface area contributed by atoms with Gasteiger partial charge < -0.3 is 5.32 Å². The van der Waals surface area contributed by atoms with Gasteiger partial charge in [-0.05, 0) is 97.4 Å². The van der Waals surface area contributed by atoms with Gasteiger partial charge in [0.2, 0.25) is 0 Å². The Labute approximate surface area is 140 Å². The Balaban J connectivity index is 1.47. The summed E-state index contributed by atoms with van der Waals surface area (Å²) in [6, 6.07) is 3.77. The average molecular weight is 401 g/mol. The van der Waals surface area contributed by atoms with Crippen LogP contribution in [0.25, 0.3) is 0 Å². The molecular weight excluding hydrogens is 377 g/mol. The van der Waals surface area contributed by atoms with Gasteiger partial charge in [-0.15, -0.1) is 11.3 Å². The highest BCUT2D eigenvalue weighted by molar-refractivity contribution is 14.1. The summed E-state index contributed by atoms with van der Waals surface area (Å²) >= 11 is 4.50. The Hall–Kier alpha value is 0.390. The number of halogens is 1. The summed E-state index contributed by atoms with van der Waals surface area (Å²) in [6.45, 7) is 2.46. The minimum absolute atomic E-state index is 0.632. The maximum atomic E-state index is 4.02. The van der Waals surface area contributed by atoms with Crippen molar-refractivity contribution < 1.29 is 0 Å². The van der Waals surface area contributed by atoms with E-state index in [1.54, 1.807) is 10.4 Å². The molecule has 0 aliphatic heterocycles. The molecule has 3 aliphatic rings. The molecule has 2 bridgehead atoms. The Morgan fingerprint density at radius 1 is 1.30 bits per heavy atom. The van der Waals surface area contributed by atoms with Crippen LogP contribution in [-0.4, -0.2) is 6.04 Å². The van der Waals surface area contributed by atoms with E-state index in [4.69, 9.17) is 0 Å². The maximum Gasteiger partial charge on any atom is 0.0659 e. The molecule has 0 spiro atoms. The SMILES string of the molecule is CC(NC1CCCc2sc(I)cc21)C1CC2CCC1C2. The van der Waals surface area contributed by atoms with Gasteiger partial charge in [-0.2, -0.15) is 0 Å². The quantitative estimate of drug-likeness (QED) is 0.692. The molecule has 0 radical (unpaired) electrons. The lowest BCUT2D eigenvalue weighted by Gasteiger charge is -2.33. The van der Waals surface area contributed by atoms with Crippen molar-refractivity contribution in [2.75, 3.05) is 0 Å². The lowest BCUT2D eigenvalue weighted by Crippen LogP contribution is -2.39. The smallest absolute Gasteiger partial charge is 0.0659 e. The van der Waals surface area contributed by atoms with Crippen LogP contribution in [0, 0.1) is 20.6 Å². The van der Waals surface area contributed by atoms with Crippen molar-refractivity contribution in [2.24, 2.45) is 17.8 Å². The minimum atomic E-state index is 0.632. The van der Waals surface area contributed by atoms with Gasteiger partial charge in [0.25, 0.3) is 0 Å². The first-order chi connectivity index (χ1) is 9.70. The third kappa shape index (κ3) is 2.48. The number of thiophene rings is 1. The van der Waals surface area contributed by atoms with E-state index >= 15 is 0 Å². The number of fused-ring (bicyclic) bond motifs is 3. The molecule has 5 atom stereocenters. The third-order valence-corrected chi connectivity index (χ3v) is 7.95. The standard InChI is InChI=1S/C17H24INS/c1-10(13-8-11-5-6-12(13)7-11)19-15-3-2-4-16-14(15)9-17(18)20-16/h9-13,15,19H,2-8H2,1H3. The van der Waals surface area contributed by atoms with Crippen LogP contribution in [0.5, 0.6) is 0 Å². The number of nitrogens with one attached hydrogen (secondary N) is 1. The third-order valence-electron chi connectivity index (χ3n) is 5.98. The molecule has 1 aromatic heterocycles. The van der Waals surface area contributed by atoms with Crippen LogP contribution < -0.4 is 5.32 Å². The molecule has 0 saturated heterocycles. The molecule has 20 heavy (non-hydrogen) atoms. The number of hydrogen-bond donors (Lipinski definition) is 1. The Morgan fingerprint density at radius 2 is 2.20 bits per heavy atom. The highest BCUT2D eigenvalue weighted by atomic mass is 127. The first-order valence-electron chi connectivity index (χ1n) is 8.25. The summed E-state index contributed by atoms with van der Waals surface area (Å²) in [5.41, 5.74) is 1.63. The van der Waals surface area contributed by atoms with Gasteiger partial charge in [0.15, 0.2) is 0 Å². The molecule has 3 aliphatic carbocycles. The van der Waals surface area contributed by atoms with Crippen molar-refractivity contribution >= 4 is 33.9 Å². The average Bonchev–Trinajstić information content (AvgIpc) is 3.12. The molecule has 1 nitrogen and oxygen atoms in total. The Kier molecular flexibility index (Phi) is 3.88. The van der Waals surface area contributed by atoms with Gasteiger partial charge in [-0.3, -0.25) is 0 Å². The van der Waals surface area contributed by atoms with E-state index in [0.717, 1.165) is 17.8 Å². The summed E-state index contributed by atoms with van der Waals surface area (Å²) in [7, 11) is 0. The first kappa shape index (κ1) is 14.0. The zero-order valence-corrected chi connectivity index (χ0v) is 15.2. The van der Waals surface area contributed by atoms with Gasteiger partial charge in [0.1, 0.15) is 0 Å². The van der Waals surface area contributed by atoms with Crippen LogP contribution in [-0.2, 0) is 6.42 Å². The molecule has 4 rings (SSSR count). The van der Waals surface area contributed by atoms with Crippen molar-refractivity contribution in [1.82, 2.24) is 5.32 Å². The Bertz CT molecular complexity index is 497. The molecule has 2 fully saturated rings. The fourth-order valence-corrected chi connectivity index (χ4v) is 7.16. The van der Waals surface area contributed by atoms with Crippen LogP contribution >= 0.6 is 33.9 Å². The van der Waals surface area contributed by atoms with E-state index < -0.39 is 0 Å². The summed E-state index contributed by atoms with van der Waals surface area (Å²) < 4.78 is 1.47. The van der Waals surface area contributed by atoms with Crippen LogP contribution in [0.15, 0.2) is 6.07 Å². The highest BCUT2D eigenvalue weighted by Crippen LogP contribution is 2.50. The van der Waals surface area contributed by atoms with Gasteiger partial charge in [-0.25, -0.2) is 0 Å². The molecule has 1 heterocycles. The lowest BCUT2D eigenvalue weighted by atomic mass is 9.83. The molecular formula is C17H24INS. The second-order valence-electron chi connectivity index (χ2n) is 7.17. The molecule has 110 valence electrons. The van der Waals surface area contributed by atoms with E-state index in [0.29, 0.717) is 12.1 Å². The summed E-state index contributed by atoms with van der Waals surface area (Å²) in [5.74, 6) is 3.06. The van der Waals surface area contributed by atoms with Crippen molar-refractivity contribution in [2.45, 2.75) is 64.0 Å². The number of rotatable bonds is 3. The molecule has 2 saturated carbocycles. The monoisotopic (exact) mass is 401 g/mol. The van der Waals surface area contributed by atoms with Crippen LogP contribution in [0.4, 0.5) is 0 Å². The zero-order chi connectivity index (χ0) is 13.7. The second kappa shape index (κ2) is 5.54. The van der Waals surface area contributed by atoms with Gasteiger partial charge in [0.05, 0.1) is 2.88 Å². The van der Waals surface area contributed by atoms with Gasteiger partial charge in [-0.1, -0.05) is 6.42 Å². The number of aryl methyl sites for hydroxylation is 1. The molecule has 3 heteroatoms. The van der Waals surface area contributed by atoms with Gasteiger partial charge in [0, 0.05) is 17.0 Å².